The zero-order chi connectivity index (χ0) is 14.4. The fraction of sp³-hybridized carbons (Fsp3) is 0.375. The van der Waals surface area contributed by atoms with Crippen LogP contribution >= 0.6 is 0 Å². The van der Waals surface area contributed by atoms with Crippen molar-refractivity contribution in [2.24, 2.45) is 0 Å². The molecule has 4 nitrogen and oxygen atoms in total. The predicted molar refractivity (Wildman–Crippen MR) is 79.5 cm³/mol. The van der Waals surface area contributed by atoms with Crippen LogP contribution in [0, 0.1) is 6.92 Å². The maximum Gasteiger partial charge on any atom is 0.218 e. The van der Waals surface area contributed by atoms with Crippen LogP contribution in [0.2, 0.25) is 0 Å². The molecule has 0 bridgehead atoms. The average molecular weight is 271 g/mol. The standard InChI is InChI=1S/C16H21N3O/c1-12(2)20-16-14(5-4-7-19-16)9-18-11-15-10-17-8-6-13(15)3/h4-8,10,12,18H,9,11H2,1-3H3. The minimum absolute atomic E-state index is 0.129. The van der Waals surface area contributed by atoms with Crippen LogP contribution in [0.15, 0.2) is 36.8 Å². The first-order valence-corrected chi connectivity index (χ1v) is 6.87. The normalized spacial score (nSPS) is 10.8. The lowest BCUT2D eigenvalue weighted by atomic mass is 10.1. The van der Waals surface area contributed by atoms with Crippen molar-refractivity contribution >= 4 is 0 Å². The van der Waals surface area contributed by atoms with E-state index in [1.807, 2.05) is 44.4 Å². The van der Waals surface area contributed by atoms with Crippen molar-refractivity contribution in [1.82, 2.24) is 15.3 Å². The van der Waals surface area contributed by atoms with E-state index in [1.165, 1.54) is 11.1 Å². The third-order valence-corrected chi connectivity index (χ3v) is 2.98. The Kier molecular flexibility index (Phi) is 5.07. The highest BCUT2D eigenvalue weighted by Gasteiger charge is 2.06. The molecule has 1 N–H and O–H groups in total. The molecule has 2 aromatic rings. The van der Waals surface area contributed by atoms with E-state index in [-0.39, 0.29) is 6.10 Å². The van der Waals surface area contributed by atoms with Crippen molar-refractivity contribution in [3.8, 4) is 5.88 Å². The number of aryl methyl sites for hydroxylation is 1. The summed E-state index contributed by atoms with van der Waals surface area (Å²) in [6.45, 7) is 7.62. The SMILES string of the molecule is Cc1ccncc1CNCc1cccnc1OC(C)C. The Bertz CT molecular complexity index is 555. The van der Waals surface area contributed by atoms with Gasteiger partial charge in [0.1, 0.15) is 0 Å². The molecule has 0 aliphatic rings. The number of ether oxygens (including phenoxy) is 1. The average Bonchev–Trinajstić information content (AvgIpc) is 2.42. The van der Waals surface area contributed by atoms with Crippen molar-refractivity contribution in [2.75, 3.05) is 0 Å². The Balaban J connectivity index is 1.96. The Morgan fingerprint density at radius 1 is 1.15 bits per heavy atom. The summed E-state index contributed by atoms with van der Waals surface area (Å²) in [5.74, 6) is 0.706. The summed E-state index contributed by atoms with van der Waals surface area (Å²) < 4.78 is 5.71. The molecule has 0 saturated heterocycles. The summed E-state index contributed by atoms with van der Waals surface area (Å²) in [7, 11) is 0. The number of rotatable bonds is 6. The molecule has 0 spiro atoms. The second-order valence-electron chi connectivity index (χ2n) is 5.04. The third kappa shape index (κ3) is 4.03. The van der Waals surface area contributed by atoms with E-state index >= 15 is 0 Å². The highest BCUT2D eigenvalue weighted by atomic mass is 16.5. The summed E-state index contributed by atoms with van der Waals surface area (Å²) in [6.07, 6.45) is 5.60. The van der Waals surface area contributed by atoms with Crippen LogP contribution in [-0.2, 0) is 13.1 Å². The van der Waals surface area contributed by atoms with Gasteiger partial charge in [-0.1, -0.05) is 6.07 Å². The number of hydrogen-bond acceptors (Lipinski definition) is 4. The number of nitrogens with one attached hydrogen (secondary N) is 1. The molecule has 0 aliphatic heterocycles. The van der Waals surface area contributed by atoms with E-state index in [4.69, 9.17) is 4.74 Å². The van der Waals surface area contributed by atoms with Gasteiger partial charge in [-0.2, -0.15) is 0 Å². The first kappa shape index (κ1) is 14.5. The quantitative estimate of drug-likeness (QED) is 0.877. The largest absolute Gasteiger partial charge is 0.475 e. The molecule has 0 unspecified atom stereocenters. The molecule has 2 heterocycles. The van der Waals surface area contributed by atoms with Gasteiger partial charge < -0.3 is 10.1 Å². The minimum atomic E-state index is 0.129. The Morgan fingerprint density at radius 3 is 2.70 bits per heavy atom. The van der Waals surface area contributed by atoms with Gasteiger partial charge in [0.05, 0.1) is 6.10 Å². The monoisotopic (exact) mass is 271 g/mol. The molecule has 0 radical (unpaired) electrons. The summed E-state index contributed by atoms with van der Waals surface area (Å²) in [5.41, 5.74) is 3.53. The van der Waals surface area contributed by atoms with Gasteiger partial charge in [-0.25, -0.2) is 4.98 Å². The Hall–Kier alpha value is -1.94. The molecule has 0 amide bonds. The van der Waals surface area contributed by atoms with Gasteiger partial charge in [0.2, 0.25) is 5.88 Å². The second kappa shape index (κ2) is 7.01. The predicted octanol–water partition coefficient (Wildman–Crippen LogP) is 2.86. The number of hydrogen-bond donors (Lipinski definition) is 1. The van der Waals surface area contributed by atoms with Gasteiger partial charge in [0.25, 0.3) is 0 Å². The summed E-state index contributed by atoms with van der Waals surface area (Å²) >= 11 is 0. The minimum Gasteiger partial charge on any atom is -0.475 e. The highest BCUT2D eigenvalue weighted by molar-refractivity contribution is 5.26. The van der Waals surface area contributed by atoms with E-state index < -0.39 is 0 Å². The molecule has 0 fully saturated rings. The fourth-order valence-electron chi connectivity index (χ4n) is 1.90. The molecule has 2 aromatic heterocycles. The lowest BCUT2D eigenvalue weighted by Gasteiger charge is -2.13. The van der Waals surface area contributed by atoms with Crippen LogP contribution in [0.5, 0.6) is 5.88 Å². The van der Waals surface area contributed by atoms with Gasteiger partial charge in [-0.05, 0) is 44.0 Å². The Labute approximate surface area is 120 Å². The summed E-state index contributed by atoms with van der Waals surface area (Å²) in [5, 5.41) is 3.41. The van der Waals surface area contributed by atoms with Crippen LogP contribution < -0.4 is 10.1 Å². The maximum atomic E-state index is 5.71. The molecule has 0 saturated carbocycles. The lowest BCUT2D eigenvalue weighted by Crippen LogP contribution is -2.16. The summed E-state index contributed by atoms with van der Waals surface area (Å²) in [4.78, 5) is 8.44. The first-order chi connectivity index (χ1) is 9.66. The molecule has 20 heavy (non-hydrogen) atoms. The molecule has 0 aromatic carbocycles. The first-order valence-electron chi connectivity index (χ1n) is 6.87. The molecule has 106 valence electrons. The van der Waals surface area contributed by atoms with Crippen molar-refractivity contribution in [1.29, 1.82) is 0 Å². The van der Waals surface area contributed by atoms with Crippen LogP contribution in [0.25, 0.3) is 0 Å². The van der Waals surface area contributed by atoms with Gasteiger partial charge in [-0.15, -0.1) is 0 Å². The molecule has 0 aliphatic carbocycles. The molecule has 0 atom stereocenters. The van der Waals surface area contributed by atoms with Crippen molar-refractivity contribution in [2.45, 2.75) is 40.0 Å². The van der Waals surface area contributed by atoms with Crippen LogP contribution in [-0.4, -0.2) is 16.1 Å². The maximum absolute atomic E-state index is 5.71. The van der Waals surface area contributed by atoms with E-state index in [0.29, 0.717) is 5.88 Å². The van der Waals surface area contributed by atoms with E-state index in [9.17, 15) is 0 Å². The fourth-order valence-corrected chi connectivity index (χ4v) is 1.90. The van der Waals surface area contributed by atoms with E-state index in [1.54, 1.807) is 6.20 Å². The van der Waals surface area contributed by atoms with Gasteiger partial charge in [0.15, 0.2) is 0 Å². The van der Waals surface area contributed by atoms with E-state index in [2.05, 4.69) is 22.2 Å². The zero-order valence-corrected chi connectivity index (χ0v) is 12.3. The topological polar surface area (TPSA) is 47.0 Å². The smallest absolute Gasteiger partial charge is 0.218 e. The molecular formula is C16H21N3O. The number of aromatic nitrogens is 2. The van der Waals surface area contributed by atoms with Crippen molar-refractivity contribution in [3.63, 3.8) is 0 Å². The second-order valence-corrected chi connectivity index (χ2v) is 5.04. The molecule has 2 rings (SSSR count). The van der Waals surface area contributed by atoms with Crippen LogP contribution in [0.3, 0.4) is 0 Å². The van der Waals surface area contributed by atoms with Gasteiger partial charge in [-0.3, -0.25) is 4.98 Å². The molecular weight excluding hydrogens is 250 g/mol. The summed E-state index contributed by atoms with van der Waals surface area (Å²) in [6, 6.07) is 5.99. The zero-order valence-electron chi connectivity index (χ0n) is 12.3. The van der Waals surface area contributed by atoms with Gasteiger partial charge >= 0.3 is 0 Å². The van der Waals surface area contributed by atoms with Crippen LogP contribution in [0.4, 0.5) is 0 Å². The van der Waals surface area contributed by atoms with Gasteiger partial charge in [0, 0.05) is 37.2 Å². The van der Waals surface area contributed by atoms with E-state index in [0.717, 1.165) is 18.7 Å². The van der Waals surface area contributed by atoms with Crippen LogP contribution in [0.1, 0.15) is 30.5 Å². The number of pyridine rings is 2. The number of nitrogens with zero attached hydrogens (tertiary/aromatic N) is 2. The van der Waals surface area contributed by atoms with Crippen molar-refractivity contribution in [3.05, 3.63) is 53.5 Å². The lowest BCUT2D eigenvalue weighted by molar-refractivity contribution is 0.229. The Morgan fingerprint density at radius 2 is 1.95 bits per heavy atom. The highest BCUT2D eigenvalue weighted by Crippen LogP contribution is 2.16. The third-order valence-electron chi connectivity index (χ3n) is 2.98. The van der Waals surface area contributed by atoms with Crippen molar-refractivity contribution < 1.29 is 4.74 Å². The molecule has 4 heteroatoms.